The Morgan fingerprint density at radius 2 is 1.95 bits per heavy atom. The van der Waals surface area contributed by atoms with Crippen LogP contribution in [0.1, 0.15) is 26.3 Å². The van der Waals surface area contributed by atoms with Gasteiger partial charge in [-0.2, -0.15) is 0 Å². The summed E-state index contributed by atoms with van der Waals surface area (Å²) in [7, 11) is 1.48. The Labute approximate surface area is 234 Å². The van der Waals surface area contributed by atoms with Gasteiger partial charge in [-0.3, -0.25) is 24.1 Å². The number of ether oxygens (including phenoxy) is 1. The number of carbonyl (C=O) groups is 1. The van der Waals surface area contributed by atoms with Crippen LogP contribution in [0.4, 0.5) is 17.1 Å². The van der Waals surface area contributed by atoms with Crippen molar-refractivity contribution in [3.63, 3.8) is 0 Å². The summed E-state index contributed by atoms with van der Waals surface area (Å²) in [4.78, 5) is 34.9. The first-order chi connectivity index (χ1) is 18.8. The van der Waals surface area contributed by atoms with Gasteiger partial charge in [0, 0.05) is 34.1 Å². The van der Waals surface area contributed by atoms with E-state index in [9.17, 15) is 9.59 Å². The lowest BCUT2D eigenvalue weighted by Crippen LogP contribution is -2.32. The van der Waals surface area contributed by atoms with Crippen molar-refractivity contribution in [1.29, 1.82) is 0 Å². The maximum Gasteiger partial charge on any atom is 0.252 e. The fraction of sp³-hybridized carbons (Fsp3) is 0.185. The number of methoxy groups -OCH3 is 1. The number of amides is 1. The molecule has 0 aliphatic carbocycles. The van der Waals surface area contributed by atoms with Crippen molar-refractivity contribution in [2.45, 2.75) is 26.3 Å². The van der Waals surface area contributed by atoms with Gasteiger partial charge >= 0.3 is 0 Å². The lowest BCUT2D eigenvalue weighted by Gasteiger charge is -2.21. The Balaban J connectivity index is 1.73. The summed E-state index contributed by atoms with van der Waals surface area (Å²) in [5.41, 5.74) is 2.87. The summed E-state index contributed by atoms with van der Waals surface area (Å²) in [5.74, 6) is -0.0210. The minimum absolute atomic E-state index is 0.207. The smallest absolute Gasteiger partial charge is 0.252 e. The monoisotopic (exact) mass is 565 g/mol. The van der Waals surface area contributed by atoms with Crippen molar-refractivity contribution in [2.24, 2.45) is 9.98 Å². The van der Waals surface area contributed by atoms with E-state index in [2.05, 4.69) is 32.3 Å². The third-order valence-electron chi connectivity index (χ3n) is 5.93. The number of nitrogens with zero attached hydrogens (tertiary/aromatic N) is 6. The minimum Gasteiger partial charge on any atom is -0.495 e. The Bertz CT molecular complexity index is 1630. The van der Waals surface area contributed by atoms with Crippen LogP contribution in [0, 0.1) is 0 Å². The highest BCUT2D eigenvalue weighted by molar-refractivity contribution is 6.31. The molecule has 0 spiro atoms. The lowest BCUT2D eigenvalue weighted by atomic mass is 10.0. The SMILES string of the molecule is C=Nc1cc(NC(=O)[C@H](CC)n2cc(OC)c(-c3cc(Cl)ccc3-n3cc(Cl)nn3)cc2=O)ccc1/N=C\C. The first-order valence-electron chi connectivity index (χ1n) is 11.9. The standard InChI is InChI=1S/C27H25Cl2N7O3/c1-5-22(27(38)32-17-8-9-20(31-6-2)21(12-17)30-3)35-14-24(39-4)19(13-26(35)37)18-11-16(28)7-10-23(18)36-15-25(29)33-34-36/h6-15,22H,3,5H2,1-2,4H3,(H,32,38)/b31-6-/t22-/m0/s1. The van der Waals surface area contributed by atoms with Crippen LogP contribution in [0.3, 0.4) is 0 Å². The number of carbonyl (C=O) groups excluding carboxylic acids is 1. The van der Waals surface area contributed by atoms with Gasteiger partial charge in [-0.1, -0.05) is 35.3 Å². The van der Waals surface area contributed by atoms with Gasteiger partial charge in [0.15, 0.2) is 5.15 Å². The molecule has 0 aliphatic heterocycles. The molecule has 12 heteroatoms. The number of nitrogens with one attached hydrogen (secondary N) is 1. The van der Waals surface area contributed by atoms with Crippen molar-refractivity contribution in [3.05, 3.63) is 75.4 Å². The van der Waals surface area contributed by atoms with Crippen LogP contribution >= 0.6 is 23.2 Å². The van der Waals surface area contributed by atoms with Crippen LogP contribution in [-0.4, -0.2) is 45.5 Å². The van der Waals surface area contributed by atoms with Gasteiger partial charge in [-0.25, -0.2) is 4.68 Å². The van der Waals surface area contributed by atoms with Crippen LogP contribution < -0.4 is 15.6 Å². The van der Waals surface area contributed by atoms with Gasteiger partial charge in [-0.05, 0) is 56.5 Å². The second-order valence-corrected chi connectivity index (χ2v) is 9.13. The van der Waals surface area contributed by atoms with Crippen molar-refractivity contribution < 1.29 is 9.53 Å². The zero-order valence-electron chi connectivity index (χ0n) is 21.4. The highest BCUT2D eigenvalue weighted by Gasteiger charge is 2.23. The van der Waals surface area contributed by atoms with Crippen LogP contribution in [0.15, 0.2) is 69.6 Å². The molecule has 1 amide bonds. The molecule has 0 aliphatic rings. The molecule has 1 atom stereocenters. The van der Waals surface area contributed by atoms with Gasteiger partial charge < -0.3 is 10.1 Å². The van der Waals surface area contributed by atoms with Crippen LogP contribution in [0.5, 0.6) is 5.75 Å². The normalized spacial score (nSPS) is 11.9. The van der Waals surface area contributed by atoms with Gasteiger partial charge in [0.25, 0.3) is 5.56 Å². The van der Waals surface area contributed by atoms with Crippen LogP contribution in [0.2, 0.25) is 10.2 Å². The lowest BCUT2D eigenvalue weighted by molar-refractivity contribution is -0.119. The first-order valence-corrected chi connectivity index (χ1v) is 12.6. The second-order valence-electron chi connectivity index (χ2n) is 8.31. The predicted molar refractivity (Wildman–Crippen MR) is 155 cm³/mol. The average molecular weight is 566 g/mol. The van der Waals surface area contributed by atoms with E-state index in [0.29, 0.717) is 51.1 Å². The summed E-state index contributed by atoms with van der Waals surface area (Å²) in [5, 5.41) is 11.4. The molecule has 0 bridgehead atoms. The van der Waals surface area contributed by atoms with E-state index in [1.807, 2.05) is 6.92 Å². The molecular formula is C27H25Cl2N7O3. The number of benzene rings is 2. The number of aromatic nitrogens is 4. The molecule has 0 unspecified atom stereocenters. The maximum absolute atomic E-state index is 13.4. The van der Waals surface area contributed by atoms with E-state index in [1.165, 1.54) is 34.8 Å². The van der Waals surface area contributed by atoms with E-state index in [0.717, 1.165) is 0 Å². The van der Waals surface area contributed by atoms with E-state index in [-0.39, 0.29) is 11.1 Å². The molecular weight excluding hydrogens is 541 g/mol. The Morgan fingerprint density at radius 3 is 2.59 bits per heavy atom. The molecule has 2 heterocycles. The molecule has 4 rings (SSSR count). The number of pyridine rings is 1. The number of rotatable bonds is 9. The van der Waals surface area contributed by atoms with Crippen LogP contribution in [0.25, 0.3) is 16.8 Å². The summed E-state index contributed by atoms with van der Waals surface area (Å²) < 4.78 is 8.47. The fourth-order valence-electron chi connectivity index (χ4n) is 4.14. The number of halogens is 2. The molecule has 0 radical (unpaired) electrons. The topological polar surface area (TPSA) is 116 Å². The Morgan fingerprint density at radius 1 is 1.15 bits per heavy atom. The van der Waals surface area contributed by atoms with Crippen molar-refractivity contribution in [2.75, 3.05) is 12.4 Å². The van der Waals surface area contributed by atoms with E-state index in [1.54, 1.807) is 49.5 Å². The molecule has 10 nitrogen and oxygen atoms in total. The van der Waals surface area contributed by atoms with E-state index in [4.69, 9.17) is 27.9 Å². The summed E-state index contributed by atoms with van der Waals surface area (Å²) in [6.45, 7) is 7.18. The Hall–Kier alpha value is -4.28. The molecule has 200 valence electrons. The van der Waals surface area contributed by atoms with E-state index < -0.39 is 11.6 Å². The Kier molecular flexibility index (Phi) is 8.58. The summed E-state index contributed by atoms with van der Waals surface area (Å²) >= 11 is 12.3. The highest BCUT2D eigenvalue weighted by Crippen LogP contribution is 2.36. The summed E-state index contributed by atoms with van der Waals surface area (Å²) in [6, 6.07) is 10.8. The zero-order valence-corrected chi connectivity index (χ0v) is 22.9. The number of aliphatic imine (C=N–C) groups is 2. The fourth-order valence-corrected chi connectivity index (χ4v) is 4.44. The molecule has 2 aromatic heterocycles. The number of anilines is 1. The van der Waals surface area contributed by atoms with Gasteiger partial charge in [0.2, 0.25) is 5.91 Å². The van der Waals surface area contributed by atoms with Gasteiger partial charge in [0.05, 0.1) is 36.6 Å². The van der Waals surface area contributed by atoms with Crippen molar-refractivity contribution >= 4 is 59.1 Å². The molecule has 4 aromatic rings. The van der Waals surface area contributed by atoms with Gasteiger partial charge in [0.1, 0.15) is 11.8 Å². The molecule has 0 saturated heterocycles. The minimum atomic E-state index is -0.818. The van der Waals surface area contributed by atoms with Crippen molar-refractivity contribution in [3.8, 4) is 22.6 Å². The predicted octanol–water partition coefficient (Wildman–Crippen LogP) is 6.06. The maximum atomic E-state index is 13.4. The number of hydrogen-bond acceptors (Lipinski definition) is 7. The third-order valence-corrected chi connectivity index (χ3v) is 6.34. The van der Waals surface area contributed by atoms with Crippen LogP contribution in [-0.2, 0) is 4.79 Å². The number of hydrogen-bond donors (Lipinski definition) is 1. The first kappa shape index (κ1) is 27.7. The molecule has 39 heavy (non-hydrogen) atoms. The average Bonchev–Trinajstić information content (AvgIpc) is 3.36. The summed E-state index contributed by atoms with van der Waals surface area (Å²) in [6.07, 6.45) is 5.04. The highest BCUT2D eigenvalue weighted by atomic mass is 35.5. The molecule has 2 aromatic carbocycles. The van der Waals surface area contributed by atoms with Crippen molar-refractivity contribution in [1.82, 2.24) is 19.6 Å². The zero-order chi connectivity index (χ0) is 28.1. The molecule has 0 fully saturated rings. The van der Waals surface area contributed by atoms with E-state index >= 15 is 0 Å². The quantitative estimate of drug-likeness (QED) is 0.248. The molecule has 1 N–H and O–H groups in total. The third kappa shape index (κ3) is 5.92. The largest absolute Gasteiger partial charge is 0.495 e. The second kappa shape index (κ2) is 12.1. The molecule has 0 saturated carbocycles. The van der Waals surface area contributed by atoms with Gasteiger partial charge in [-0.15, -0.1) is 5.10 Å².